The number of rotatable bonds is 4. The minimum Gasteiger partial charge on any atom is -0.319 e. The number of benzene rings is 3. The van der Waals surface area contributed by atoms with Crippen LogP contribution in [0.2, 0.25) is 5.02 Å². The third-order valence-electron chi connectivity index (χ3n) is 4.00. The molecule has 1 heterocycles. The van der Waals surface area contributed by atoms with E-state index in [1.165, 1.54) is 18.2 Å². The van der Waals surface area contributed by atoms with Crippen molar-refractivity contribution < 1.29 is 9.18 Å². The fourth-order valence-electron chi connectivity index (χ4n) is 2.70. The van der Waals surface area contributed by atoms with E-state index in [1.807, 2.05) is 30.3 Å². The van der Waals surface area contributed by atoms with Gasteiger partial charge in [0.05, 0.1) is 5.69 Å². The fraction of sp³-hybridized carbons (Fsp3) is 0. The van der Waals surface area contributed by atoms with E-state index in [0.717, 1.165) is 11.3 Å². The second kappa shape index (κ2) is 7.62. The van der Waals surface area contributed by atoms with Gasteiger partial charge in [0.1, 0.15) is 5.82 Å². The van der Waals surface area contributed by atoms with Crippen LogP contribution in [0.15, 0.2) is 78.9 Å². The minimum absolute atomic E-state index is 0.0296. The Morgan fingerprint density at radius 3 is 2.43 bits per heavy atom. The van der Waals surface area contributed by atoms with E-state index >= 15 is 0 Å². The predicted molar refractivity (Wildman–Crippen MR) is 106 cm³/mol. The Balaban J connectivity index is 1.74. The van der Waals surface area contributed by atoms with Crippen molar-refractivity contribution in [3.05, 3.63) is 95.5 Å². The Kier molecular flexibility index (Phi) is 4.87. The normalized spacial score (nSPS) is 10.6. The van der Waals surface area contributed by atoms with E-state index in [2.05, 4.69) is 15.4 Å². The molecule has 0 saturated heterocycles. The summed E-state index contributed by atoms with van der Waals surface area (Å²) in [6, 6.07) is 22.1. The number of halogens is 2. The van der Waals surface area contributed by atoms with Crippen LogP contribution in [0.1, 0.15) is 10.6 Å². The largest absolute Gasteiger partial charge is 0.319 e. The maximum absolute atomic E-state index is 13.4. The van der Waals surface area contributed by atoms with Crippen LogP contribution in [0.25, 0.3) is 17.1 Å². The molecule has 0 bridgehead atoms. The first-order valence-corrected chi connectivity index (χ1v) is 8.83. The second-order valence-electron chi connectivity index (χ2n) is 5.98. The van der Waals surface area contributed by atoms with Crippen molar-refractivity contribution in [1.82, 2.24) is 14.8 Å². The van der Waals surface area contributed by atoms with Crippen molar-refractivity contribution >= 4 is 23.2 Å². The van der Waals surface area contributed by atoms with Crippen molar-refractivity contribution in [2.75, 3.05) is 5.32 Å². The standard InChI is InChI=1S/C21H14ClFN4O/c22-15-11-9-14(10-12-15)20-25-19(26-27(20)18-7-2-1-3-8-18)21(28)24-17-6-4-5-16(23)13-17/h1-13H,(H,24,28). The first kappa shape index (κ1) is 17.9. The van der Waals surface area contributed by atoms with E-state index in [1.54, 1.807) is 35.0 Å². The number of hydrogen-bond acceptors (Lipinski definition) is 3. The zero-order chi connectivity index (χ0) is 19.5. The number of carbonyl (C=O) groups is 1. The SMILES string of the molecule is O=C(Nc1cccc(F)c1)c1nc(-c2ccc(Cl)cc2)n(-c2ccccc2)n1. The highest BCUT2D eigenvalue weighted by Gasteiger charge is 2.19. The minimum atomic E-state index is -0.532. The molecule has 0 atom stereocenters. The van der Waals surface area contributed by atoms with Gasteiger partial charge in [-0.05, 0) is 54.6 Å². The summed E-state index contributed by atoms with van der Waals surface area (Å²) in [5.74, 6) is -0.511. The summed E-state index contributed by atoms with van der Waals surface area (Å²) >= 11 is 5.98. The molecule has 1 aromatic heterocycles. The Labute approximate surface area is 165 Å². The van der Waals surface area contributed by atoms with Crippen molar-refractivity contribution in [3.8, 4) is 17.1 Å². The highest BCUT2D eigenvalue weighted by molar-refractivity contribution is 6.30. The van der Waals surface area contributed by atoms with Crippen LogP contribution >= 0.6 is 11.6 Å². The first-order chi connectivity index (χ1) is 13.6. The highest BCUT2D eigenvalue weighted by Crippen LogP contribution is 2.23. The van der Waals surface area contributed by atoms with Gasteiger partial charge in [0.25, 0.3) is 5.91 Å². The maximum atomic E-state index is 13.4. The molecule has 0 saturated carbocycles. The zero-order valence-corrected chi connectivity index (χ0v) is 15.3. The molecule has 0 fully saturated rings. The summed E-state index contributed by atoms with van der Waals surface area (Å²) in [5.41, 5.74) is 1.84. The second-order valence-corrected chi connectivity index (χ2v) is 6.41. The Morgan fingerprint density at radius 2 is 1.71 bits per heavy atom. The molecule has 0 aliphatic heterocycles. The molecule has 5 nitrogen and oxygen atoms in total. The number of nitrogens with zero attached hydrogens (tertiary/aromatic N) is 3. The highest BCUT2D eigenvalue weighted by atomic mass is 35.5. The van der Waals surface area contributed by atoms with Crippen LogP contribution in [0.3, 0.4) is 0 Å². The number of para-hydroxylation sites is 1. The Bertz CT molecular complexity index is 1130. The Morgan fingerprint density at radius 1 is 0.964 bits per heavy atom. The number of hydrogen-bond donors (Lipinski definition) is 1. The third kappa shape index (κ3) is 3.77. The summed E-state index contributed by atoms with van der Waals surface area (Å²) in [6.07, 6.45) is 0. The van der Waals surface area contributed by atoms with Crippen LogP contribution < -0.4 is 5.32 Å². The van der Waals surface area contributed by atoms with Crippen molar-refractivity contribution in [2.24, 2.45) is 0 Å². The summed E-state index contributed by atoms with van der Waals surface area (Å²) in [7, 11) is 0. The van der Waals surface area contributed by atoms with Gasteiger partial charge in [-0.3, -0.25) is 4.79 Å². The van der Waals surface area contributed by atoms with Crippen LogP contribution in [-0.4, -0.2) is 20.7 Å². The van der Waals surface area contributed by atoms with Crippen molar-refractivity contribution in [3.63, 3.8) is 0 Å². The number of aromatic nitrogens is 3. The lowest BCUT2D eigenvalue weighted by atomic mass is 10.2. The summed E-state index contributed by atoms with van der Waals surface area (Å²) in [4.78, 5) is 17.0. The van der Waals surface area contributed by atoms with Gasteiger partial charge in [-0.2, -0.15) is 0 Å². The lowest BCUT2D eigenvalue weighted by Gasteiger charge is -2.05. The molecule has 7 heteroatoms. The fourth-order valence-corrected chi connectivity index (χ4v) is 2.82. The molecule has 28 heavy (non-hydrogen) atoms. The molecule has 0 aliphatic carbocycles. The number of amides is 1. The van der Waals surface area contributed by atoms with Gasteiger partial charge in [0.15, 0.2) is 5.82 Å². The molecule has 4 rings (SSSR count). The van der Waals surface area contributed by atoms with Gasteiger partial charge in [0, 0.05) is 16.3 Å². The third-order valence-corrected chi connectivity index (χ3v) is 4.25. The van der Waals surface area contributed by atoms with Gasteiger partial charge in [-0.25, -0.2) is 14.1 Å². The molecule has 0 spiro atoms. The number of nitrogens with one attached hydrogen (secondary N) is 1. The Hall–Kier alpha value is -3.51. The van der Waals surface area contributed by atoms with E-state index < -0.39 is 11.7 Å². The average Bonchev–Trinajstić information content (AvgIpc) is 3.15. The number of anilines is 1. The van der Waals surface area contributed by atoms with Crippen LogP contribution in [-0.2, 0) is 0 Å². The molecule has 0 radical (unpaired) electrons. The molecular formula is C21H14ClFN4O. The van der Waals surface area contributed by atoms with Gasteiger partial charge in [0.2, 0.25) is 5.82 Å². The topological polar surface area (TPSA) is 59.8 Å². The van der Waals surface area contributed by atoms with E-state index in [9.17, 15) is 9.18 Å². The molecule has 0 aliphatic rings. The van der Waals surface area contributed by atoms with Crippen molar-refractivity contribution in [1.29, 1.82) is 0 Å². The maximum Gasteiger partial charge on any atom is 0.295 e. The van der Waals surface area contributed by atoms with Gasteiger partial charge in [-0.15, -0.1) is 5.10 Å². The summed E-state index contributed by atoms with van der Waals surface area (Å²) in [6.45, 7) is 0. The van der Waals surface area contributed by atoms with E-state index in [4.69, 9.17) is 11.6 Å². The van der Waals surface area contributed by atoms with Crippen molar-refractivity contribution in [2.45, 2.75) is 0 Å². The smallest absolute Gasteiger partial charge is 0.295 e. The zero-order valence-electron chi connectivity index (χ0n) is 14.5. The molecule has 0 unspecified atom stereocenters. The molecule has 1 amide bonds. The lowest BCUT2D eigenvalue weighted by molar-refractivity contribution is 0.101. The summed E-state index contributed by atoms with van der Waals surface area (Å²) < 4.78 is 15.0. The monoisotopic (exact) mass is 392 g/mol. The average molecular weight is 393 g/mol. The molecule has 1 N–H and O–H groups in total. The van der Waals surface area contributed by atoms with Crippen LogP contribution in [0.5, 0.6) is 0 Å². The van der Waals surface area contributed by atoms with E-state index in [-0.39, 0.29) is 5.82 Å². The van der Waals surface area contributed by atoms with Crippen LogP contribution in [0.4, 0.5) is 10.1 Å². The summed E-state index contributed by atoms with van der Waals surface area (Å²) in [5, 5.41) is 7.57. The van der Waals surface area contributed by atoms with Gasteiger partial charge < -0.3 is 5.32 Å². The van der Waals surface area contributed by atoms with Crippen LogP contribution in [0, 0.1) is 5.82 Å². The molecule has 3 aromatic carbocycles. The predicted octanol–water partition coefficient (Wildman–Crippen LogP) is 4.98. The molecular weight excluding hydrogens is 379 g/mol. The first-order valence-electron chi connectivity index (χ1n) is 8.45. The number of carbonyl (C=O) groups excluding carboxylic acids is 1. The molecule has 138 valence electrons. The molecule has 4 aromatic rings. The van der Waals surface area contributed by atoms with Gasteiger partial charge >= 0.3 is 0 Å². The lowest BCUT2D eigenvalue weighted by Crippen LogP contribution is -2.14. The van der Waals surface area contributed by atoms with E-state index in [0.29, 0.717) is 16.5 Å². The van der Waals surface area contributed by atoms with Gasteiger partial charge in [-0.1, -0.05) is 35.9 Å². The quantitative estimate of drug-likeness (QED) is 0.533.